The Bertz CT molecular complexity index is 1990. The Kier molecular flexibility index (Phi) is 29.1. The summed E-state index contributed by atoms with van der Waals surface area (Å²) in [5, 5.41) is 284. The van der Waals surface area contributed by atoms with Gasteiger partial charge in [0.1, 0.15) is 61.0 Å². The van der Waals surface area contributed by atoms with Gasteiger partial charge in [-0.2, -0.15) is 0 Å². The van der Waals surface area contributed by atoms with Crippen molar-refractivity contribution in [1.29, 1.82) is 0 Å². The fourth-order valence-electron chi connectivity index (χ4n) is 6.88. The molecule has 0 amide bonds. The molecule has 0 aromatic heterocycles. The fourth-order valence-corrected chi connectivity index (χ4v) is 6.88. The average Bonchev–Trinajstić information content (AvgIpc) is 3.40. The first-order chi connectivity index (χ1) is 36.2. The highest BCUT2D eigenvalue weighted by molar-refractivity contribution is 5.15. The van der Waals surface area contributed by atoms with Gasteiger partial charge in [-0.15, -0.1) is 0 Å². The first kappa shape index (κ1) is 68.2. The van der Waals surface area contributed by atoms with Gasteiger partial charge in [-0.3, -0.25) is 0 Å². The van der Waals surface area contributed by atoms with Crippen molar-refractivity contribution in [2.45, 2.75) is 144 Å². The Morgan fingerprint density at radius 3 is 0.662 bits per heavy atom. The van der Waals surface area contributed by atoms with Gasteiger partial charge in [-0.1, -0.05) is 0 Å². The molecule has 77 heavy (non-hydrogen) atoms. The summed E-state index contributed by atoms with van der Waals surface area (Å²) in [6.45, 7) is -7.05. The second-order valence-electron chi connectivity index (χ2n) is 16.4. The van der Waals surface area contributed by atoms with Gasteiger partial charge in [0.05, 0.1) is 6.61 Å². The van der Waals surface area contributed by atoms with Crippen LogP contribution in [0.15, 0.2) is 69.1 Å². The summed E-state index contributed by atoms with van der Waals surface area (Å²) in [6.07, 6.45) is -46.2. The smallest absolute Gasteiger partial charge is 0.218 e. The number of fused-ring (bicyclic) bond motifs is 26. The van der Waals surface area contributed by atoms with Crippen LogP contribution in [0.3, 0.4) is 0 Å². The molecule has 0 spiro atoms. The maximum absolute atomic E-state index is 11.0. The van der Waals surface area contributed by atoms with Crippen LogP contribution in [0.5, 0.6) is 0 Å². The number of aliphatic hydroxyl groups excluding tert-OH is 27. The maximum Gasteiger partial charge on any atom is 0.218 e. The second-order valence-corrected chi connectivity index (χ2v) is 16.4. The van der Waals surface area contributed by atoms with E-state index in [0.29, 0.717) is 0 Å². The Hall–Kier alpha value is -4.88. The highest BCUT2D eigenvalue weighted by Gasteiger charge is 2.48. The van der Waals surface area contributed by atoms with Crippen molar-refractivity contribution >= 4 is 0 Å². The van der Waals surface area contributed by atoms with E-state index >= 15 is 0 Å². The van der Waals surface area contributed by atoms with Gasteiger partial charge in [0, 0.05) is 78.2 Å². The van der Waals surface area contributed by atoms with Gasteiger partial charge in [-0.05, 0) is 0 Å². The summed E-state index contributed by atoms with van der Waals surface area (Å²) < 4.78 is 41.1. The third-order valence-electron chi connectivity index (χ3n) is 11.0. The van der Waals surface area contributed by atoms with Crippen molar-refractivity contribution in [2.24, 2.45) is 0 Å². The minimum Gasteiger partial charge on any atom is -0.506 e. The Balaban J connectivity index is 2.87. The van der Waals surface area contributed by atoms with Crippen LogP contribution >= 0.6 is 0 Å². The highest BCUT2D eigenvalue weighted by atomic mass is 16.7. The molecule has 35 heteroatoms. The lowest BCUT2D eigenvalue weighted by molar-refractivity contribution is -0.329. The fraction of sp³-hybridized carbons (Fsp3) is 0.714. The molecule has 16 unspecified atom stereocenters. The van der Waals surface area contributed by atoms with Crippen molar-refractivity contribution < 1.29 is 176 Å². The van der Waals surface area contributed by atoms with Gasteiger partial charge >= 0.3 is 0 Å². The second kappa shape index (κ2) is 32.9. The van der Waals surface area contributed by atoms with Crippen LogP contribution in [0.1, 0.15) is 38.5 Å². The summed E-state index contributed by atoms with van der Waals surface area (Å²) in [5.41, 5.74) is 0. The van der Waals surface area contributed by atoms with Crippen LogP contribution in [-0.2, 0) is 37.9 Å². The molecule has 0 aliphatic carbocycles. The van der Waals surface area contributed by atoms with Crippen molar-refractivity contribution in [3.8, 4) is 0 Å². The van der Waals surface area contributed by atoms with Crippen LogP contribution in [0, 0.1) is 0 Å². The van der Waals surface area contributed by atoms with E-state index in [1.165, 1.54) is 0 Å². The van der Waals surface area contributed by atoms with E-state index in [-0.39, 0.29) is 0 Å². The largest absolute Gasteiger partial charge is 0.506 e. The number of hydrogen-bond donors (Lipinski definition) is 27. The number of aliphatic hydroxyl groups is 27. The first-order valence-electron chi connectivity index (χ1n) is 22.9. The summed E-state index contributed by atoms with van der Waals surface area (Å²) in [6, 6.07) is 0. The third-order valence-corrected chi connectivity index (χ3v) is 11.0. The van der Waals surface area contributed by atoms with Crippen LogP contribution in [0.2, 0.25) is 0 Å². The SMILES string of the molecule is OCCC1OC(O)/C(O)=C(\O)C(CCO)OC(O)/C(O)=C(/O)C(CCO)OC2OC(CO)C(OC(O)/C(O)=C(/O)C(CCO)OC(O)/C(O)=C(\O)C(CCO)OC(O)/C(O)=C(\O)C(CCO)OC(O)C(O)=C1O)[C@@H](O)C2O. The van der Waals surface area contributed by atoms with Crippen molar-refractivity contribution in [2.75, 3.05) is 46.2 Å². The van der Waals surface area contributed by atoms with Crippen molar-refractivity contribution in [3.05, 3.63) is 69.1 Å². The quantitative estimate of drug-likeness (QED) is 0.0817. The van der Waals surface area contributed by atoms with Gasteiger partial charge in [0.2, 0.25) is 37.7 Å². The normalized spacial score (nSPS) is 39.5. The molecule has 17 atom stereocenters. The molecule has 27 N–H and O–H groups in total. The van der Waals surface area contributed by atoms with Gasteiger partial charge < -0.3 is 176 Å². The summed E-state index contributed by atoms with van der Waals surface area (Å²) in [5.74, 6) is -19.1. The summed E-state index contributed by atoms with van der Waals surface area (Å²) >= 11 is 0. The molecule has 1 saturated heterocycles. The maximum atomic E-state index is 11.0. The van der Waals surface area contributed by atoms with Crippen LogP contribution < -0.4 is 0 Å². The number of ether oxygens (including phenoxy) is 8. The Morgan fingerprint density at radius 2 is 0.455 bits per heavy atom. The zero-order chi connectivity index (χ0) is 58.6. The van der Waals surface area contributed by atoms with Gasteiger partial charge in [0.25, 0.3) is 0 Å². The van der Waals surface area contributed by atoms with Crippen LogP contribution in [-0.4, -0.2) is 289 Å². The van der Waals surface area contributed by atoms with Crippen LogP contribution in [0.25, 0.3) is 0 Å². The third kappa shape index (κ3) is 18.6. The van der Waals surface area contributed by atoms with Crippen molar-refractivity contribution in [3.63, 3.8) is 0 Å². The zero-order valence-electron chi connectivity index (χ0n) is 40.3. The number of hydrogen-bond acceptors (Lipinski definition) is 35. The molecule has 3 aliphatic rings. The first-order valence-corrected chi connectivity index (χ1v) is 22.9. The summed E-state index contributed by atoms with van der Waals surface area (Å²) in [7, 11) is 0. The van der Waals surface area contributed by atoms with Gasteiger partial charge in [-0.25, -0.2) is 0 Å². The predicted octanol–water partition coefficient (Wildman–Crippen LogP) is -5.69. The highest BCUT2D eigenvalue weighted by Crippen LogP contribution is 2.31. The summed E-state index contributed by atoms with van der Waals surface area (Å²) in [4.78, 5) is 0. The Morgan fingerprint density at radius 1 is 0.247 bits per heavy atom. The molecular weight excluding hydrogens is 1060 g/mol. The van der Waals surface area contributed by atoms with Gasteiger partial charge in [0.15, 0.2) is 75.4 Å². The van der Waals surface area contributed by atoms with E-state index in [2.05, 4.69) is 0 Å². The lowest BCUT2D eigenvalue weighted by Gasteiger charge is -2.43. The minimum atomic E-state index is -2.86. The van der Waals surface area contributed by atoms with Crippen molar-refractivity contribution in [1.82, 2.24) is 0 Å². The molecule has 448 valence electrons. The molecule has 1 fully saturated rings. The minimum absolute atomic E-state index is 0.762. The molecule has 0 aromatic rings. The molecule has 3 heterocycles. The molecular formula is C42H70O35. The Labute approximate surface area is 434 Å². The van der Waals surface area contributed by atoms with E-state index in [1.807, 2.05) is 0 Å². The van der Waals surface area contributed by atoms with E-state index in [1.54, 1.807) is 0 Å². The molecule has 0 aromatic carbocycles. The predicted molar refractivity (Wildman–Crippen MR) is 242 cm³/mol. The molecule has 35 nitrogen and oxygen atoms in total. The monoisotopic (exact) mass is 1130 g/mol. The number of rotatable bonds is 13. The van der Waals surface area contributed by atoms with E-state index in [0.717, 1.165) is 0 Å². The average molecular weight is 1130 g/mol. The van der Waals surface area contributed by atoms with E-state index < -0.39 is 259 Å². The zero-order valence-corrected chi connectivity index (χ0v) is 40.3. The van der Waals surface area contributed by atoms with E-state index in [9.17, 15) is 138 Å². The molecule has 2 bridgehead atoms. The molecule has 0 saturated carbocycles. The molecule has 3 rings (SSSR count). The lowest BCUT2D eigenvalue weighted by atomic mass is 9.98. The lowest BCUT2D eigenvalue weighted by Crippen LogP contribution is -2.61. The van der Waals surface area contributed by atoms with E-state index in [4.69, 9.17) is 37.9 Å². The van der Waals surface area contributed by atoms with Crippen LogP contribution in [0.4, 0.5) is 0 Å². The standard InChI is InChI=1S/C42H70O35/c43-7-1-14-21(50)29(58)37(65)72-16(3-9-45)23(52)31(60)39(67)74-18(5-11-47)25(54)33(62)41(69)77-35-20(13-49)76-42(34(63)27(35)56)75-19(6-12-48)26(55)32(61)40(68)73-17(4-10-46)24(53)30(59)38(66)71-15(2-8-44)22(51)28(57)36(64)70-14/h14-20,27,34-69H,1-13H2/b28-22?,29-21+,30-24+,31-23+,32-26-,33-25-/t14?,15?,16?,17?,18?,19?,20?,27-,34?,35?,36?,37?,38?,39?,40?,41?,42?/m0/s1. The molecule has 0 radical (unpaired) electrons. The molecule has 3 aliphatic heterocycles. The topological polar surface area (TPSA) is 620 Å².